The van der Waals surface area contributed by atoms with Crippen LogP contribution in [0.15, 0.2) is 59.8 Å². The number of nitrogens with one attached hydrogen (secondary N) is 1. The molecule has 0 unspecified atom stereocenters. The highest BCUT2D eigenvalue weighted by atomic mass is 16.6. The van der Waals surface area contributed by atoms with Crippen LogP contribution in [0.25, 0.3) is 11.0 Å². The summed E-state index contributed by atoms with van der Waals surface area (Å²) in [4.78, 5) is 50.7. The number of benzene rings is 2. The smallest absolute Gasteiger partial charge is 0.273 e. The summed E-state index contributed by atoms with van der Waals surface area (Å²) in [6, 6.07) is 10.3. The third kappa shape index (κ3) is 4.73. The third-order valence-electron chi connectivity index (χ3n) is 5.45. The Morgan fingerprint density at radius 3 is 2.63 bits per heavy atom. The Bertz CT molecular complexity index is 1520. The number of hydrogen-bond donors (Lipinski definition) is 1. The van der Waals surface area contributed by atoms with Crippen LogP contribution in [0.1, 0.15) is 21.5 Å². The summed E-state index contributed by atoms with van der Waals surface area (Å²) in [5, 5.41) is 29.2. The van der Waals surface area contributed by atoms with Gasteiger partial charge in [-0.25, -0.2) is 9.67 Å². The number of carbonyl (C=O) groups is 1. The largest absolute Gasteiger partial charge is 0.350 e. The van der Waals surface area contributed by atoms with Crippen molar-refractivity contribution in [2.24, 2.45) is 0 Å². The van der Waals surface area contributed by atoms with E-state index in [1.54, 1.807) is 12.1 Å². The van der Waals surface area contributed by atoms with Gasteiger partial charge in [-0.2, -0.15) is 5.10 Å². The lowest BCUT2D eigenvalue weighted by Crippen LogP contribution is -2.28. The van der Waals surface area contributed by atoms with Gasteiger partial charge < -0.3 is 5.32 Å². The van der Waals surface area contributed by atoms with Crippen LogP contribution >= 0.6 is 0 Å². The lowest BCUT2D eigenvalue weighted by atomic mass is 10.1. The number of amides is 1. The molecule has 2 heterocycles. The lowest BCUT2D eigenvalue weighted by molar-refractivity contribution is -0.385. The van der Waals surface area contributed by atoms with Crippen molar-refractivity contribution in [1.82, 2.24) is 24.6 Å². The molecule has 1 N–H and O–H groups in total. The maximum Gasteiger partial charge on any atom is 0.273 e. The number of aromatic nitrogens is 4. The quantitative estimate of drug-likeness (QED) is 0.297. The number of hydrogen-bond acceptors (Lipinski definition) is 8. The van der Waals surface area contributed by atoms with Gasteiger partial charge in [-0.05, 0) is 18.6 Å². The highest BCUT2D eigenvalue weighted by Gasteiger charge is 2.18. The molecule has 1 amide bonds. The van der Waals surface area contributed by atoms with Crippen LogP contribution in [0.3, 0.4) is 0 Å². The number of fused-ring (bicyclic) bond motifs is 1. The monoisotopic (exact) mass is 477 g/mol. The van der Waals surface area contributed by atoms with Crippen molar-refractivity contribution in [1.29, 1.82) is 0 Å². The molecule has 0 aliphatic heterocycles. The summed E-state index contributed by atoms with van der Waals surface area (Å²) >= 11 is 0. The topological polar surface area (TPSA) is 168 Å². The van der Waals surface area contributed by atoms with Crippen molar-refractivity contribution in [2.45, 2.75) is 20.0 Å². The van der Waals surface area contributed by atoms with Crippen molar-refractivity contribution in [2.75, 3.05) is 6.54 Å². The minimum Gasteiger partial charge on any atom is -0.350 e. The molecule has 0 saturated carbocycles. The Balaban J connectivity index is 1.47. The fourth-order valence-corrected chi connectivity index (χ4v) is 3.68. The fraction of sp³-hybridized carbons (Fsp3) is 0.182. The maximum absolute atomic E-state index is 12.9. The fourth-order valence-electron chi connectivity index (χ4n) is 3.68. The van der Waals surface area contributed by atoms with Gasteiger partial charge in [-0.15, -0.1) is 0 Å². The summed E-state index contributed by atoms with van der Waals surface area (Å²) in [6.45, 7) is 1.98. The minimum absolute atomic E-state index is 0.0697. The summed E-state index contributed by atoms with van der Waals surface area (Å²) in [5.74, 6) is -0.463. The second-order valence-electron chi connectivity index (χ2n) is 7.67. The highest BCUT2D eigenvalue weighted by Crippen LogP contribution is 2.21. The minimum atomic E-state index is -0.542. The number of nitrogens with zero attached hydrogens (tertiary/aromatic N) is 6. The highest BCUT2D eigenvalue weighted by molar-refractivity contribution is 5.96. The van der Waals surface area contributed by atoms with E-state index < -0.39 is 15.8 Å². The van der Waals surface area contributed by atoms with E-state index >= 15 is 0 Å². The number of rotatable bonds is 8. The first-order chi connectivity index (χ1) is 16.8. The zero-order valence-electron chi connectivity index (χ0n) is 18.5. The molecule has 13 heteroatoms. The van der Waals surface area contributed by atoms with Crippen LogP contribution in [0.2, 0.25) is 0 Å². The van der Waals surface area contributed by atoms with E-state index in [1.807, 2.05) is 0 Å². The Kier molecular flexibility index (Phi) is 6.31. The van der Waals surface area contributed by atoms with Crippen LogP contribution in [0, 0.1) is 27.2 Å². The first-order valence-corrected chi connectivity index (χ1v) is 10.4. The Hall–Kier alpha value is -4.94. The van der Waals surface area contributed by atoms with Crippen molar-refractivity contribution >= 4 is 28.3 Å². The zero-order valence-corrected chi connectivity index (χ0v) is 18.5. The van der Waals surface area contributed by atoms with E-state index in [4.69, 9.17) is 0 Å². The molecule has 13 nitrogen and oxygen atoms in total. The van der Waals surface area contributed by atoms with Gasteiger partial charge in [0.1, 0.15) is 11.7 Å². The maximum atomic E-state index is 12.9. The van der Waals surface area contributed by atoms with Crippen LogP contribution in [0.4, 0.5) is 11.4 Å². The van der Waals surface area contributed by atoms with E-state index in [0.29, 0.717) is 11.2 Å². The van der Waals surface area contributed by atoms with Gasteiger partial charge in [0, 0.05) is 35.9 Å². The van der Waals surface area contributed by atoms with E-state index in [9.17, 15) is 29.8 Å². The first kappa shape index (κ1) is 23.2. The molecule has 4 aromatic rings. The van der Waals surface area contributed by atoms with Crippen LogP contribution in [0.5, 0.6) is 0 Å². The van der Waals surface area contributed by atoms with Gasteiger partial charge in [-0.1, -0.05) is 18.2 Å². The van der Waals surface area contributed by atoms with Gasteiger partial charge in [-0.3, -0.25) is 34.4 Å². The van der Waals surface area contributed by atoms with E-state index in [-0.39, 0.29) is 53.1 Å². The summed E-state index contributed by atoms with van der Waals surface area (Å²) in [6.07, 6.45) is 2.72. The molecule has 0 radical (unpaired) electrons. The number of non-ortho nitro benzene ring substituents is 1. The van der Waals surface area contributed by atoms with Gasteiger partial charge >= 0.3 is 0 Å². The molecular weight excluding hydrogens is 458 g/mol. The molecule has 4 rings (SSSR count). The molecule has 2 aromatic carbocycles. The van der Waals surface area contributed by atoms with E-state index in [2.05, 4.69) is 15.4 Å². The predicted molar refractivity (Wildman–Crippen MR) is 124 cm³/mol. The van der Waals surface area contributed by atoms with Crippen molar-refractivity contribution in [3.63, 3.8) is 0 Å². The van der Waals surface area contributed by atoms with Crippen LogP contribution in [-0.2, 0) is 13.1 Å². The number of nitro groups is 2. The van der Waals surface area contributed by atoms with Gasteiger partial charge in [0.2, 0.25) is 0 Å². The standard InChI is InChI=1S/C22H19N7O6/c1-14-17(6-3-7-19(14)29(34)35)21(30)23-8-9-27-20-18(11-25-27)22(31)26(13-24-20)12-15-4-2-5-16(10-15)28(32)33/h2-7,10-11,13H,8-9,12H2,1H3,(H,23,30). The Labute approximate surface area is 196 Å². The molecule has 178 valence electrons. The second-order valence-corrected chi connectivity index (χ2v) is 7.67. The Morgan fingerprint density at radius 2 is 1.89 bits per heavy atom. The van der Waals surface area contributed by atoms with Crippen LogP contribution < -0.4 is 10.9 Å². The zero-order chi connectivity index (χ0) is 25.1. The molecule has 35 heavy (non-hydrogen) atoms. The van der Waals surface area contributed by atoms with Crippen molar-refractivity contribution in [3.05, 3.63) is 102 Å². The molecular formula is C22H19N7O6. The molecule has 0 aliphatic carbocycles. The van der Waals surface area contributed by atoms with Crippen molar-refractivity contribution < 1.29 is 14.6 Å². The second kappa shape index (κ2) is 9.51. The summed E-state index contributed by atoms with van der Waals surface area (Å²) < 4.78 is 2.80. The van der Waals surface area contributed by atoms with E-state index in [0.717, 1.165) is 0 Å². The normalized spacial score (nSPS) is 10.9. The van der Waals surface area contributed by atoms with Gasteiger partial charge in [0.15, 0.2) is 5.65 Å². The summed E-state index contributed by atoms with van der Waals surface area (Å²) in [5.41, 5.74) is 0.808. The third-order valence-corrected chi connectivity index (χ3v) is 5.45. The Morgan fingerprint density at radius 1 is 1.11 bits per heavy atom. The van der Waals surface area contributed by atoms with Gasteiger partial charge in [0.05, 0.1) is 29.1 Å². The molecule has 0 atom stereocenters. The molecule has 0 aliphatic rings. The summed E-state index contributed by atoms with van der Waals surface area (Å²) in [7, 11) is 0. The molecule has 0 bridgehead atoms. The molecule has 0 fully saturated rings. The number of nitro benzene ring substituents is 2. The molecule has 2 aromatic heterocycles. The van der Waals surface area contributed by atoms with Gasteiger partial charge in [0.25, 0.3) is 22.8 Å². The SMILES string of the molecule is Cc1c(C(=O)NCCn2ncc3c(=O)n(Cc4cccc([N+](=O)[O-])c4)cnc32)cccc1[N+](=O)[O-]. The first-order valence-electron chi connectivity index (χ1n) is 10.4. The predicted octanol–water partition coefficient (Wildman–Crippen LogP) is 2.20. The van der Waals surface area contributed by atoms with E-state index in [1.165, 1.54) is 59.0 Å². The molecule has 0 spiro atoms. The van der Waals surface area contributed by atoms with Crippen molar-refractivity contribution in [3.8, 4) is 0 Å². The average molecular weight is 477 g/mol. The van der Waals surface area contributed by atoms with Crippen LogP contribution in [-0.4, -0.2) is 41.6 Å². The lowest BCUT2D eigenvalue weighted by Gasteiger charge is -2.09. The number of carbonyl (C=O) groups excluding carboxylic acids is 1. The molecule has 0 saturated heterocycles. The average Bonchev–Trinajstić information content (AvgIpc) is 3.24.